The van der Waals surface area contributed by atoms with E-state index >= 15 is 0 Å². The van der Waals surface area contributed by atoms with Gasteiger partial charge in [0.15, 0.2) is 6.61 Å². The predicted molar refractivity (Wildman–Crippen MR) is 105 cm³/mol. The first-order valence-corrected chi connectivity index (χ1v) is 9.34. The van der Waals surface area contributed by atoms with E-state index in [2.05, 4.69) is 42.5 Å². The first-order valence-electron chi connectivity index (χ1n) is 7.75. The molecular formula is C18H18Br2N2O3. The second kappa shape index (κ2) is 9.58. The van der Waals surface area contributed by atoms with Crippen LogP contribution in [0.15, 0.2) is 51.4 Å². The summed E-state index contributed by atoms with van der Waals surface area (Å²) in [5.74, 6) is 0.183. The SMILES string of the molecule is CCCNC(=O)c1ccc(NC(=O)COc2ccc(Br)cc2Br)cc1. The average molecular weight is 470 g/mol. The van der Waals surface area contributed by atoms with Crippen molar-refractivity contribution in [3.05, 3.63) is 57.0 Å². The predicted octanol–water partition coefficient (Wildman–Crippen LogP) is 4.37. The van der Waals surface area contributed by atoms with Gasteiger partial charge >= 0.3 is 0 Å². The van der Waals surface area contributed by atoms with Crippen molar-refractivity contribution in [2.45, 2.75) is 13.3 Å². The molecule has 0 aliphatic rings. The van der Waals surface area contributed by atoms with Gasteiger partial charge < -0.3 is 15.4 Å². The van der Waals surface area contributed by atoms with Gasteiger partial charge in [-0.1, -0.05) is 22.9 Å². The van der Waals surface area contributed by atoms with E-state index in [-0.39, 0.29) is 18.4 Å². The minimum Gasteiger partial charge on any atom is -0.483 e. The highest BCUT2D eigenvalue weighted by Gasteiger charge is 2.08. The van der Waals surface area contributed by atoms with Crippen molar-refractivity contribution in [1.82, 2.24) is 5.32 Å². The molecule has 0 aliphatic carbocycles. The summed E-state index contributed by atoms with van der Waals surface area (Å²) in [4.78, 5) is 23.8. The Labute approximate surface area is 163 Å². The van der Waals surface area contributed by atoms with Gasteiger partial charge in [-0.15, -0.1) is 0 Å². The molecule has 2 aromatic rings. The van der Waals surface area contributed by atoms with Gasteiger partial charge in [0.1, 0.15) is 5.75 Å². The molecule has 2 rings (SSSR count). The van der Waals surface area contributed by atoms with Gasteiger partial charge in [-0.25, -0.2) is 0 Å². The van der Waals surface area contributed by atoms with E-state index in [9.17, 15) is 9.59 Å². The molecule has 0 radical (unpaired) electrons. The quantitative estimate of drug-likeness (QED) is 0.632. The third-order valence-corrected chi connectivity index (χ3v) is 4.33. The minimum absolute atomic E-state index is 0.112. The van der Waals surface area contributed by atoms with Crippen LogP contribution in [0, 0.1) is 0 Å². The summed E-state index contributed by atoms with van der Waals surface area (Å²) in [5.41, 5.74) is 1.16. The Kier molecular flexibility index (Phi) is 7.46. The van der Waals surface area contributed by atoms with E-state index in [1.807, 2.05) is 19.1 Å². The molecule has 25 heavy (non-hydrogen) atoms. The summed E-state index contributed by atoms with van der Waals surface area (Å²) in [6, 6.07) is 12.2. The zero-order valence-electron chi connectivity index (χ0n) is 13.6. The van der Waals surface area contributed by atoms with Gasteiger partial charge in [0.05, 0.1) is 4.47 Å². The standard InChI is InChI=1S/C18H18Br2N2O3/c1-2-9-21-18(24)12-3-6-14(7-4-12)22-17(23)11-25-16-8-5-13(19)10-15(16)20/h3-8,10H,2,9,11H2,1H3,(H,21,24)(H,22,23). The number of benzene rings is 2. The number of hydrogen-bond donors (Lipinski definition) is 2. The molecule has 132 valence electrons. The van der Waals surface area contributed by atoms with Crippen LogP contribution in [0.4, 0.5) is 5.69 Å². The van der Waals surface area contributed by atoms with Crippen molar-refractivity contribution in [2.24, 2.45) is 0 Å². The Bertz CT molecular complexity index is 748. The zero-order chi connectivity index (χ0) is 18.2. The molecule has 2 N–H and O–H groups in total. The van der Waals surface area contributed by atoms with Crippen LogP contribution < -0.4 is 15.4 Å². The highest BCUT2D eigenvalue weighted by Crippen LogP contribution is 2.28. The number of nitrogens with one attached hydrogen (secondary N) is 2. The maximum Gasteiger partial charge on any atom is 0.262 e. The summed E-state index contributed by atoms with van der Waals surface area (Å²) < 4.78 is 7.17. The number of carbonyl (C=O) groups excluding carboxylic acids is 2. The Balaban J connectivity index is 1.87. The maximum absolute atomic E-state index is 12.0. The lowest BCUT2D eigenvalue weighted by Gasteiger charge is -2.10. The van der Waals surface area contributed by atoms with Crippen molar-refractivity contribution in [3.63, 3.8) is 0 Å². The molecule has 0 aliphatic heterocycles. The monoisotopic (exact) mass is 468 g/mol. The van der Waals surface area contributed by atoms with Crippen molar-refractivity contribution >= 4 is 49.4 Å². The van der Waals surface area contributed by atoms with Crippen molar-refractivity contribution in [2.75, 3.05) is 18.5 Å². The number of hydrogen-bond acceptors (Lipinski definition) is 3. The number of rotatable bonds is 7. The molecule has 0 bridgehead atoms. The van der Waals surface area contributed by atoms with Gasteiger partial charge in [-0.05, 0) is 64.8 Å². The molecule has 0 saturated carbocycles. The van der Waals surface area contributed by atoms with Crippen LogP contribution in [0.1, 0.15) is 23.7 Å². The lowest BCUT2D eigenvalue weighted by atomic mass is 10.2. The molecule has 0 aromatic heterocycles. The first kappa shape index (κ1) is 19.5. The second-order valence-electron chi connectivity index (χ2n) is 5.24. The van der Waals surface area contributed by atoms with Gasteiger partial charge in [-0.3, -0.25) is 9.59 Å². The van der Waals surface area contributed by atoms with E-state index in [1.54, 1.807) is 30.3 Å². The topological polar surface area (TPSA) is 67.4 Å². The number of carbonyl (C=O) groups is 2. The molecule has 0 unspecified atom stereocenters. The maximum atomic E-state index is 12.0. The largest absolute Gasteiger partial charge is 0.483 e. The fraction of sp³-hybridized carbons (Fsp3) is 0.222. The van der Waals surface area contributed by atoms with Crippen LogP contribution in [0.3, 0.4) is 0 Å². The summed E-state index contributed by atoms with van der Waals surface area (Å²) in [5, 5.41) is 5.53. The highest BCUT2D eigenvalue weighted by atomic mass is 79.9. The normalized spacial score (nSPS) is 10.2. The molecule has 2 aromatic carbocycles. The molecule has 7 heteroatoms. The number of halogens is 2. The first-order chi connectivity index (χ1) is 12.0. The molecule has 0 heterocycles. The van der Waals surface area contributed by atoms with E-state index in [1.165, 1.54) is 0 Å². The van der Waals surface area contributed by atoms with Crippen molar-refractivity contribution in [1.29, 1.82) is 0 Å². The van der Waals surface area contributed by atoms with Crippen LogP contribution >= 0.6 is 31.9 Å². The fourth-order valence-corrected chi connectivity index (χ4v) is 3.14. The van der Waals surface area contributed by atoms with Crippen LogP contribution in [-0.2, 0) is 4.79 Å². The lowest BCUT2D eigenvalue weighted by Crippen LogP contribution is -2.24. The van der Waals surface area contributed by atoms with E-state index < -0.39 is 0 Å². The Morgan fingerprint density at radius 3 is 2.44 bits per heavy atom. The van der Waals surface area contributed by atoms with Crippen LogP contribution in [0.25, 0.3) is 0 Å². The third kappa shape index (κ3) is 6.17. The molecule has 5 nitrogen and oxygen atoms in total. The Hall–Kier alpha value is -1.86. The molecule has 0 spiro atoms. The van der Waals surface area contributed by atoms with Crippen molar-refractivity contribution < 1.29 is 14.3 Å². The fourth-order valence-electron chi connectivity index (χ4n) is 1.98. The number of amides is 2. The van der Waals surface area contributed by atoms with E-state index in [4.69, 9.17) is 4.74 Å². The molecule has 2 amide bonds. The van der Waals surface area contributed by atoms with Crippen molar-refractivity contribution in [3.8, 4) is 5.75 Å². The van der Waals surface area contributed by atoms with E-state index in [0.29, 0.717) is 23.5 Å². The zero-order valence-corrected chi connectivity index (χ0v) is 16.8. The highest BCUT2D eigenvalue weighted by molar-refractivity contribution is 9.11. The molecule has 0 fully saturated rings. The van der Waals surface area contributed by atoms with Gasteiger partial charge in [0, 0.05) is 22.3 Å². The molecular weight excluding hydrogens is 452 g/mol. The molecule has 0 saturated heterocycles. The average Bonchev–Trinajstić information content (AvgIpc) is 2.59. The lowest BCUT2D eigenvalue weighted by molar-refractivity contribution is -0.118. The van der Waals surface area contributed by atoms with E-state index in [0.717, 1.165) is 15.4 Å². The smallest absolute Gasteiger partial charge is 0.262 e. The Morgan fingerprint density at radius 2 is 1.80 bits per heavy atom. The van der Waals surface area contributed by atoms with Gasteiger partial charge in [0.2, 0.25) is 0 Å². The summed E-state index contributed by atoms with van der Waals surface area (Å²) in [6.07, 6.45) is 0.883. The van der Waals surface area contributed by atoms with Crippen LogP contribution in [0.5, 0.6) is 5.75 Å². The van der Waals surface area contributed by atoms with Crippen LogP contribution in [0.2, 0.25) is 0 Å². The van der Waals surface area contributed by atoms with Gasteiger partial charge in [-0.2, -0.15) is 0 Å². The summed E-state index contributed by atoms with van der Waals surface area (Å²) >= 11 is 6.74. The molecule has 0 atom stereocenters. The third-order valence-electron chi connectivity index (χ3n) is 3.22. The Morgan fingerprint density at radius 1 is 1.08 bits per heavy atom. The second-order valence-corrected chi connectivity index (χ2v) is 7.01. The van der Waals surface area contributed by atoms with Gasteiger partial charge in [0.25, 0.3) is 11.8 Å². The summed E-state index contributed by atoms with van der Waals surface area (Å²) in [7, 11) is 0. The number of anilines is 1. The summed E-state index contributed by atoms with van der Waals surface area (Å²) in [6.45, 7) is 2.52. The van der Waals surface area contributed by atoms with Crippen LogP contribution in [-0.4, -0.2) is 25.0 Å². The minimum atomic E-state index is -0.280. The number of ether oxygens (including phenoxy) is 1.